The maximum Gasteiger partial charge on any atom is 0.292 e. The second-order valence-corrected chi connectivity index (χ2v) is 6.48. The van der Waals surface area contributed by atoms with Crippen LogP contribution in [0.25, 0.3) is 16.5 Å². The smallest absolute Gasteiger partial charge is 0.267 e. The summed E-state index contributed by atoms with van der Waals surface area (Å²) in [7, 11) is 0. The van der Waals surface area contributed by atoms with Crippen LogP contribution >= 0.6 is 11.3 Å². The quantitative estimate of drug-likeness (QED) is 0.440. The van der Waals surface area contributed by atoms with Crippen LogP contribution in [0.4, 0.5) is 0 Å². The van der Waals surface area contributed by atoms with Crippen LogP contribution in [-0.2, 0) is 0 Å². The van der Waals surface area contributed by atoms with Crippen LogP contribution in [0.5, 0.6) is 0 Å². The number of nitrogens with zero attached hydrogens (tertiary/aromatic N) is 3. The molecular formula is C20H14N4O2S. The van der Waals surface area contributed by atoms with Gasteiger partial charge in [-0.2, -0.15) is 26.2 Å². The second kappa shape index (κ2) is 7.35. The van der Waals surface area contributed by atoms with Gasteiger partial charge in [0.05, 0.1) is 17.3 Å². The molecule has 0 spiro atoms. The van der Waals surface area contributed by atoms with Crippen molar-refractivity contribution in [3.8, 4) is 5.69 Å². The van der Waals surface area contributed by atoms with Gasteiger partial charge in [-0.1, -0.05) is 36.4 Å². The van der Waals surface area contributed by atoms with Crippen LogP contribution in [0.2, 0.25) is 0 Å². The fraction of sp³-hybridized carbons (Fsp3) is 0. The van der Waals surface area contributed by atoms with Crippen molar-refractivity contribution in [3.05, 3.63) is 93.0 Å². The van der Waals surface area contributed by atoms with Gasteiger partial charge in [-0.25, -0.2) is 5.43 Å². The first kappa shape index (κ1) is 16.9. The Labute approximate surface area is 158 Å². The standard InChI is InChI=1S/C20H14N4O2S/c25-19(22-21-12-14-10-11-27-13-14)18-16-8-4-5-9-17(16)20(26)24(23-18)15-6-2-1-3-7-15/h1-13H,(H,22,25)/b21-12-. The number of para-hydroxylation sites is 1. The molecule has 7 heteroatoms. The first-order valence-corrected chi connectivity index (χ1v) is 9.11. The number of rotatable bonds is 4. The fourth-order valence-corrected chi connectivity index (χ4v) is 3.28. The molecular weight excluding hydrogens is 360 g/mol. The summed E-state index contributed by atoms with van der Waals surface area (Å²) < 4.78 is 1.24. The molecule has 2 aromatic carbocycles. The predicted molar refractivity (Wildman–Crippen MR) is 107 cm³/mol. The van der Waals surface area contributed by atoms with Gasteiger partial charge in [0.1, 0.15) is 0 Å². The number of carbonyl (C=O) groups excluding carboxylic acids is 1. The van der Waals surface area contributed by atoms with Crippen molar-refractivity contribution in [2.75, 3.05) is 0 Å². The number of aromatic nitrogens is 2. The van der Waals surface area contributed by atoms with Crippen LogP contribution in [0.15, 0.2) is 81.3 Å². The van der Waals surface area contributed by atoms with Crippen molar-refractivity contribution in [1.29, 1.82) is 0 Å². The van der Waals surface area contributed by atoms with E-state index in [1.807, 2.05) is 35.0 Å². The van der Waals surface area contributed by atoms with Gasteiger partial charge in [0.25, 0.3) is 11.5 Å². The number of hydrogen-bond acceptors (Lipinski definition) is 5. The monoisotopic (exact) mass is 374 g/mol. The Balaban J connectivity index is 1.78. The molecule has 6 nitrogen and oxygen atoms in total. The molecule has 4 aromatic rings. The second-order valence-electron chi connectivity index (χ2n) is 5.70. The van der Waals surface area contributed by atoms with Gasteiger partial charge in [-0.15, -0.1) is 0 Å². The molecule has 0 bridgehead atoms. The van der Waals surface area contributed by atoms with Gasteiger partial charge in [-0.3, -0.25) is 9.59 Å². The number of hydrogen-bond donors (Lipinski definition) is 1. The Morgan fingerprint density at radius 2 is 1.78 bits per heavy atom. The fourth-order valence-electron chi connectivity index (χ4n) is 2.67. The van der Waals surface area contributed by atoms with Crippen molar-refractivity contribution in [2.45, 2.75) is 0 Å². The van der Waals surface area contributed by atoms with E-state index in [0.29, 0.717) is 16.5 Å². The van der Waals surface area contributed by atoms with E-state index in [2.05, 4.69) is 15.6 Å². The highest BCUT2D eigenvalue weighted by Crippen LogP contribution is 2.15. The number of benzene rings is 2. The molecule has 0 saturated heterocycles. The lowest BCUT2D eigenvalue weighted by Gasteiger charge is -2.10. The third-order valence-corrected chi connectivity index (χ3v) is 4.65. The highest BCUT2D eigenvalue weighted by molar-refractivity contribution is 7.08. The van der Waals surface area contributed by atoms with Crippen LogP contribution < -0.4 is 11.0 Å². The molecule has 0 aliphatic heterocycles. The Morgan fingerprint density at radius 3 is 2.52 bits per heavy atom. The lowest BCUT2D eigenvalue weighted by atomic mass is 10.1. The van der Waals surface area contributed by atoms with Crippen molar-refractivity contribution in [2.24, 2.45) is 5.10 Å². The molecule has 1 N–H and O–H groups in total. The summed E-state index contributed by atoms with van der Waals surface area (Å²) in [5.74, 6) is -0.484. The van der Waals surface area contributed by atoms with Gasteiger partial charge in [0, 0.05) is 10.9 Å². The first-order valence-electron chi connectivity index (χ1n) is 8.17. The number of hydrazone groups is 1. The van der Waals surface area contributed by atoms with Crippen LogP contribution in [-0.4, -0.2) is 21.9 Å². The van der Waals surface area contributed by atoms with E-state index in [0.717, 1.165) is 5.56 Å². The average Bonchev–Trinajstić information content (AvgIpc) is 3.22. The molecule has 0 aliphatic rings. The lowest BCUT2D eigenvalue weighted by molar-refractivity contribution is 0.0950. The summed E-state index contributed by atoms with van der Waals surface area (Å²) in [6, 6.07) is 17.8. The minimum absolute atomic E-state index is 0.136. The molecule has 0 atom stereocenters. The Hall–Kier alpha value is -3.58. The van der Waals surface area contributed by atoms with Crippen molar-refractivity contribution in [3.63, 3.8) is 0 Å². The zero-order valence-corrected chi connectivity index (χ0v) is 14.9. The third-order valence-electron chi connectivity index (χ3n) is 3.94. The van der Waals surface area contributed by atoms with Crippen molar-refractivity contribution >= 4 is 34.2 Å². The molecule has 2 aromatic heterocycles. The van der Waals surface area contributed by atoms with Gasteiger partial charge in [0.2, 0.25) is 0 Å². The van der Waals surface area contributed by atoms with E-state index in [1.54, 1.807) is 53.9 Å². The Morgan fingerprint density at radius 1 is 1.04 bits per heavy atom. The van der Waals surface area contributed by atoms with E-state index < -0.39 is 5.91 Å². The summed E-state index contributed by atoms with van der Waals surface area (Å²) in [4.78, 5) is 25.5. The molecule has 132 valence electrons. The predicted octanol–water partition coefficient (Wildman–Crippen LogP) is 3.21. The molecule has 0 saturated carbocycles. The number of carbonyl (C=O) groups is 1. The molecule has 0 fully saturated rings. The highest BCUT2D eigenvalue weighted by atomic mass is 32.1. The maximum atomic E-state index is 12.8. The molecule has 0 radical (unpaired) electrons. The minimum atomic E-state index is -0.484. The van der Waals surface area contributed by atoms with Crippen LogP contribution in [0.1, 0.15) is 16.1 Å². The van der Waals surface area contributed by atoms with E-state index in [4.69, 9.17) is 0 Å². The summed E-state index contributed by atoms with van der Waals surface area (Å²) in [5, 5.41) is 13.0. The number of thiophene rings is 1. The Bertz CT molecular complexity index is 1180. The molecule has 1 amide bonds. The first-order chi connectivity index (χ1) is 13.2. The van der Waals surface area contributed by atoms with Crippen molar-refractivity contribution in [1.82, 2.24) is 15.2 Å². The van der Waals surface area contributed by atoms with E-state index in [1.165, 1.54) is 4.68 Å². The Kier molecular flexibility index (Phi) is 4.59. The van der Waals surface area contributed by atoms with Gasteiger partial charge in [-0.05, 0) is 35.0 Å². The van der Waals surface area contributed by atoms with E-state index in [9.17, 15) is 9.59 Å². The minimum Gasteiger partial charge on any atom is -0.267 e. The lowest BCUT2D eigenvalue weighted by Crippen LogP contribution is -2.28. The summed E-state index contributed by atoms with van der Waals surface area (Å²) in [6.45, 7) is 0. The molecule has 0 unspecified atom stereocenters. The third kappa shape index (κ3) is 3.40. The summed E-state index contributed by atoms with van der Waals surface area (Å²) in [6.07, 6.45) is 1.56. The molecule has 4 rings (SSSR count). The summed E-state index contributed by atoms with van der Waals surface area (Å²) in [5.41, 5.74) is 3.82. The SMILES string of the molecule is O=C(N/N=C\c1ccsc1)c1nn(-c2ccccc2)c(=O)c2ccccc12. The normalized spacial score (nSPS) is 11.1. The van der Waals surface area contributed by atoms with Crippen molar-refractivity contribution < 1.29 is 4.79 Å². The highest BCUT2D eigenvalue weighted by Gasteiger charge is 2.17. The summed E-state index contributed by atoms with van der Waals surface area (Å²) >= 11 is 1.54. The topological polar surface area (TPSA) is 76.3 Å². The number of amides is 1. The maximum absolute atomic E-state index is 12.8. The van der Waals surface area contributed by atoms with Gasteiger partial charge >= 0.3 is 0 Å². The number of fused-ring (bicyclic) bond motifs is 1. The molecule has 0 aliphatic carbocycles. The van der Waals surface area contributed by atoms with E-state index in [-0.39, 0.29) is 11.3 Å². The zero-order valence-electron chi connectivity index (χ0n) is 14.1. The van der Waals surface area contributed by atoms with Gasteiger partial charge < -0.3 is 0 Å². The van der Waals surface area contributed by atoms with Gasteiger partial charge in [0.15, 0.2) is 5.69 Å². The van der Waals surface area contributed by atoms with E-state index >= 15 is 0 Å². The zero-order chi connectivity index (χ0) is 18.6. The molecule has 2 heterocycles. The van der Waals surface area contributed by atoms with Crippen LogP contribution in [0.3, 0.4) is 0 Å². The van der Waals surface area contributed by atoms with Crippen LogP contribution in [0, 0.1) is 0 Å². The number of nitrogens with one attached hydrogen (secondary N) is 1. The molecule has 27 heavy (non-hydrogen) atoms. The largest absolute Gasteiger partial charge is 0.292 e. The average molecular weight is 374 g/mol.